The fourth-order valence-electron chi connectivity index (χ4n) is 1.54. The van der Waals surface area contributed by atoms with Crippen molar-refractivity contribution in [2.24, 2.45) is 11.5 Å². The summed E-state index contributed by atoms with van der Waals surface area (Å²) in [5, 5.41) is 8.33. The number of pyridine rings is 1. The quantitative estimate of drug-likeness (QED) is 0.618. The fraction of sp³-hybridized carbons (Fsp3) is 0.385. The zero-order valence-corrected chi connectivity index (χ0v) is 12.6. The van der Waals surface area contributed by atoms with Crippen LogP contribution in [0.3, 0.4) is 0 Å². The summed E-state index contributed by atoms with van der Waals surface area (Å²) in [6.07, 6.45) is 5.83. The third-order valence-corrected chi connectivity index (χ3v) is 3.09. The first-order valence-corrected chi connectivity index (χ1v) is 7.11. The minimum Gasteiger partial charge on any atom is -0.480 e. The molecule has 2 aromatic heterocycles. The number of aromatic nitrogens is 2. The molecule has 0 aliphatic rings. The van der Waals surface area contributed by atoms with E-state index in [9.17, 15) is 4.79 Å². The number of rotatable bonds is 5. The number of nitrogens with two attached hydrogens (primary N) is 2. The molecule has 0 bridgehead atoms. The van der Waals surface area contributed by atoms with Gasteiger partial charge in [0.1, 0.15) is 6.04 Å². The second-order valence-corrected chi connectivity index (χ2v) is 5.21. The molecule has 6 N–H and O–H groups in total. The van der Waals surface area contributed by atoms with Crippen LogP contribution in [-0.2, 0) is 4.79 Å². The average Bonchev–Trinajstić information content (AvgIpc) is 2.86. The van der Waals surface area contributed by atoms with E-state index in [1.807, 2.05) is 18.3 Å². The van der Waals surface area contributed by atoms with E-state index in [2.05, 4.69) is 25.9 Å². The van der Waals surface area contributed by atoms with Crippen molar-refractivity contribution in [2.45, 2.75) is 25.3 Å². The molecule has 0 spiro atoms. The summed E-state index contributed by atoms with van der Waals surface area (Å²) in [7, 11) is 0. The van der Waals surface area contributed by atoms with Gasteiger partial charge in [-0.3, -0.25) is 9.78 Å². The minimum atomic E-state index is -0.933. The zero-order valence-electron chi connectivity index (χ0n) is 11.1. The summed E-state index contributed by atoms with van der Waals surface area (Å²) in [6.45, 7) is 0.604. The van der Waals surface area contributed by atoms with Gasteiger partial charge in [-0.1, -0.05) is 6.42 Å². The van der Waals surface area contributed by atoms with Crippen LogP contribution in [0.4, 0.5) is 0 Å². The topological polar surface area (TPSA) is 118 Å². The van der Waals surface area contributed by atoms with Crippen LogP contribution < -0.4 is 11.5 Å². The lowest BCUT2D eigenvalue weighted by Crippen LogP contribution is -2.29. The van der Waals surface area contributed by atoms with Gasteiger partial charge in [-0.05, 0) is 47.4 Å². The van der Waals surface area contributed by atoms with E-state index in [0.717, 1.165) is 28.3 Å². The van der Waals surface area contributed by atoms with Gasteiger partial charge < -0.3 is 21.6 Å². The summed E-state index contributed by atoms with van der Waals surface area (Å²) in [5.74, 6) is -0.933. The maximum atomic E-state index is 10.1. The van der Waals surface area contributed by atoms with E-state index in [1.54, 1.807) is 6.20 Å². The number of nitrogens with one attached hydrogen (secondary N) is 1. The molecule has 2 rings (SSSR count). The van der Waals surface area contributed by atoms with Crippen LogP contribution in [0.25, 0.3) is 11.0 Å². The van der Waals surface area contributed by atoms with E-state index >= 15 is 0 Å². The number of aliphatic carboxylic acids is 1. The molecular formula is C13H19BrN4O2. The monoisotopic (exact) mass is 342 g/mol. The standard InChI is InChI=1S/C7H5BrN2.C6H14N2O2/c8-5-3-7-6(10-4-5)1-2-9-7;7-4-2-1-3-5(8)6(9)10/h1-4,9H;5H,1-4,7-8H2,(H,9,10). The molecule has 7 heteroatoms. The summed E-state index contributed by atoms with van der Waals surface area (Å²) in [6, 6.07) is 3.23. The molecule has 0 radical (unpaired) electrons. The molecule has 0 saturated carbocycles. The van der Waals surface area contributed by atoms with Gasteiger partial charge in [-0.2, -0.15) is 0 Å². The summed E-state index contributed by atoms with van der Waals surface area (Å²) in [5.41, 5.74) is 12.5. The van der Waals surface area contributed by atoms with Crippen LogP contribution >= 0.6 is 15.9 Å². The Balaban J connectivity index is 0.000000200. The highest BCUT2D eigenvalue weighted by Gasteiger charge is 2.09. The molecule has 110 valence electrons. The Hall–Kier alpha value is -1.44. The van der Waals surface area contributed by atoms with Gasteiger partial charge in [0.05, 0.1) is 11.0 Å². The van der Waals surface area contributed by atoms with E-state index < -0.39 is 12.0 Å². The minimum absolute atomic E-state index is 0.520. The Labute approximate surface area is 125 Å². The van der Waals surface area contributed by atoms with Crippen molar-refractivity contribution < 1.29 is 9.90 Å². The SMILES string of the molecule is Brc1cnc2cc[nH]c2c1.NCCCCC(N)C(=O)O. The van der Waals surface area contributed by atoms with Crippen LogP contribution in [0, 0.1) is 0 Å². The molecule has 1 unspecified atom stereocenters. The van der Waals surface area contributed by atoms with Gasteiger partial charge in [0.15, 0.2) is 0 Å². The first-order chi connectivity index (χ1) is 9.54. The van der Waals surface area contributed by atoms with Crippen molar-refractivity contribution >= 4 is 32.9 Å². The Morgan fingerprint density at radius 1 is 1.50 bits per heavy atom. The van der Waals surface area contributed by atoms with E-state index in [0.29, 0.717) is 13.0 Å². The number of carboxylic acid groups (broad SMARTS) is 1. The number of halogens is 1. The normalized spacial score (nSPS) is 11.8. The summed E-state index contributed by atoms with van der Waals surface area (Å²) >= 11 is 3.33. The smallest absolute Gasteiger partial charge is 0.320 e. The average molecular weight is 343 g/mol. The van der Waals surface area contributed by atoms with Crippen molar-refractivity contribution in [3.05, 3.63) is 29.0 Å². The molecule has 0 amide bonds. The number of aromatic amines is 1. The van der Waals surface area contributed by atoms with Crippen molar-refractivity contribution in [1.29, 1.82) is 0 Å². The van der Waals surface area contributed by atoms with Gasteiger partial charge in [-0.25, -0.2) is 0 Å². The van der Waals surface area contributed by atoms with Crippen LogP contribution in [0.15, 0.2) is 29.0 Å². The van der Waals surface area contributed by atoms with Gasteiger partial charge in [0, 0.05) is 16.9 Å². The number of hydrogen-bond acceptors (Lipinski definition) is 4. The Morgan fingerprint density at radius 2 is 2.25 bits per heavy atom. The summed E-state index contributed by atoms with van der Waals surface area (Å²) < 4.78 is 1.00. The number of fused-ring (bicyclic) bond motifs is 1. The van der Waals surface area contributed by atoms with Gasteiger partial charge in [0.2, 0.25) is 0 Å². The second kappa shape index (κ2) is 8.68. The molecule has 0 aliphatic carbocycles. The van der Waals surface area contributed by atoms with Gasteiger partial charge in [0.25, 0.3) is 0 Å². The fourth-order valence-corrected chi connectivity index (χ4v) is 1.87. The Kier molecular flexibility index (Phi) is 7.21. The maximum Gasteiger partial charge on any atom is 0.320 e. The maximum absolute atomic E-state index is 10.1. The highest BCUT2D eigenvalue weighted by molar-refractivity contribution is 9.10. The van der Waals surface area contributed by atoms with Crippen molar-refractivity contribution in [1.82, 2.24) is 9.97 Å². The zero-order chi connectivity index (χ0) is 15.0. The highest BCUT2D eigenvalue weighted by Crippen LogP contribution is 2.14. The molecule has 2 heterocycles. The van der Waals surface area contributed by atoms with E-state index in [-0.39, 0.29) is 0 Å². The van der Waals surface area contributed by atoms with Crippen molar-refractivity contribution in [2.75, 3.05) is 6.54 Å². The molecule has 0 fully saturated rings. The number of unbranched alkanes of at least 4 members (excludes halogenated alkanes) is 1. The largest absolute Gasteiger partial charge is 0.480 e. The first kappa shape index (κ1) is 16.6. The lowest BCUT2D eigenvalue weighted by molar-refractivity contribution is -0.138. The van der Waals surface area contributed by atoms with Crippen LogP contribution in [0.1, 0.15) is 19.3 Å². The van der Waals surface area contributed by atoms with Gasteiger partial charge >= 0.3 is 5.97 Å². The molecule has 0 aliphatic heterocycles. The number of H-pyrrole nitrogens is 1. The molecule has 6 nitrogen and oxygen atoms in total. The molecule has 0 saturated heterocycles. The predicted octanol–water partition coefficient (Wildman–Crippen LogP) is 1.85. The van der Waals surface area contributed by atoms with Gasteiger partial charge in [-0.15, -0.1) is 0 Å². The van der Waals surface area contributed by atoms with Crippen LogP contribution in [-0.4, -0.2) is 33.6 Å². The number of nitrogens with zero attached hydrogens (tertiary/aromatic N) is 1. The van der Waals surface area contributed by atoms with Crippen molar-refractivity contribution in [3.8, 4) is 0 Å². The third kappa shape index (κ3) is 5.68. The first-order valence-electron chi connectivity index (χ1n) is 6.31. The molecule has 1 atom stereocenters. The van der Waals surface area contributed by atoms with Crippen LogP contribution in [0.5, 0.6) is 0 Å². The molecule has 2 aromatic rings. The lowest BCUT2D eigenvalue weighted by Gasteiger charge is -2.03. The van der Waals surface area contributed by atoms with E-state index in [1.165, 1.54) is 0 Å². The molecule has 0 aromatic carbocycles. The molecule has 20 heavy (non-hydrogen) atoms. The lowest BCUT2D eigenvalue weighted by atomic mass is 10.1. The van der Waals surface area contributed by atoms with Crippen LogP contribution in [0.2, 0.25) is 0 Å². The molecular weight excluding hydrogens is 324 g/mol. The Bertz CT molecular complexity index is 544. The highest BCUT2D eigenvalue weighted by atomic mass is 79.9. The third-order valence-electron chi connectivity index (χ3n) is 2.65. The number of hydrogen-bond donors (Lipinski definition) is 4. The summed E-state index contributed by atoms with van der Waals surface area (Å²) in [4.78, 5) is 17.4. The number of carboxylic acids is 1. The number of carbonyl (C=O) groups is 1. The Morgan fingerprint density at radius 3 is 2.90 bits per heavy atom. The van der Waals surface area contributed by atoms with E-state index in [4.69, 9.17) is 16.6 Å². The second-order valence-electron chi connectivity index (χ2n) is 4.29. The predicted molar refractivity (Wildman–Crippen MR) is 82.3 cm³/mol. The van der Waals surface area contributed by atoms with Crippen molar-refractivity contribution in [3.63, 3.8) is 0 Å².